The number of fused-ring (bicyclic) bond motifs is 12. The molecule has 0 N–H and O–H groups in total. The molecule has 13 rings (SSSR count). The molecule has 0 saturated carbocycles. The van der Waals surface area contributed by atoms with Crippen molar-refractivity contribution in [2.24, 2.45) is 0 Å². The maximum atomic E-state index is 6.77. The number of hydrogen-bond acceptors (Lipinski definition) is 6. The Labute approximate surface area is 340 Å². The SMILES string of the molecule is c1ccc2cc(-c3cccc4c3oc3cccc(-c5nc(-c6ccc7c(ccc8oc9ccccc9c87)c6)nc(-c6cccc7sc8ccccc8c67)n5)c34)ccc2c1. The molecule has 13 aromatic rings. The zero-order valence-corrected chi connectivity index (χ0v) is 32.1. The van der Waals surface area contributed by atoms with Crippen LogP contribution in [0, 0.1) is 0 Å². The van der Waals surface area contributed by atoms with Gasteiger partial charge in [0.15, 0.2) is 17.5 Å². The minimum Gasteiger partial charge on any atom is -0.456 e. The minimum absolute atomic E-state index is 0.585. The Hall–Kier alpha value is -7.67. The third kappa shape index (κ3) is 4.94. The summed E-state index contributed by atoms with van der Waals surface area (Å²) in [5.74, 6) is 1.81. The topological polar surface area (TPSA) is 65.0 Å². The van der Waals surface area contributed by atoms with Crippen LogP contribution in [0.25, 0.3) is 131 Å². The van der Waals surface area contributed by atoms with Gasteiger partial charge in [0.05, 0.1) is 0 Å². The van der Waals surface area contributed by atoms with Crippen molar-refractivity contribution < 1.29 is 8.83 Å². The van der Waals surface area contributed by atoms with E-state index in [4.69, 9.17) is 23.8 Å². The van der Waals surface area contributed by atoms with Crippen molar-refractivity contribution in [2.75, 3.05) is 0 Å². The van der Waals surface area contributed by atoms with Crippen LogP contribution in [-0.2, 0) is 0 Å². The van der Waals surface area contributed by atoms with E-state index in [-0.39, 0.29) is 0 Å². The van der Waals surface area contributed by atoms with E-state index in [1.165, 1.54) is 25.6 Å². The lowest BCUT2D eigenvalue weighted by atomic mass is 9.98. The van der Waals surface area contributed by atoms with Crippen LogP contribution in [0.2, 0.25) is 0 Å². The van der Waals surface area contributed by atoms with Gasteiger partial charge in [0.1, 0.15) is 22.3 Å². The molecule has 0 saturated heterocycles. The van der Waals surface area contributed by atoms with Crippen molar-refractivity contribution in [3.8, 4) is 45.3 Å². The summed E-state index contributed by atoms with van der Waals surface area (Å²) >= 11 is 1.79. The van der Waals surface area contributed by atoms with Gasteiger partial charge in [-0.15, -0.1) is 11.3 Å². The summed E-state index contributed by atoms with van der Waals surface area (Å²) < 4.78 is 15.4. The Bertz CT molecular complexity index is 3870. The fraction of sp³-hybridized carbons (Fsp3) is 0. The first-order valence-corrected chi connectivity index (χ1v) is 20.5. The van der Waals surface area contributed by atoms with Crippen molar-refractivity contribution >= 4 is 96.9 Å². The molecule has 274 valence electrons. The van der Waals surface area contributed by atoms with Crippen molar-refractivity contribution in [2.45, 2.75) is 0 Å². The van der Waals surface area contributed by atoms with E-state index in [9.17, 15) is 0 Å². The van der Waals surface area contributed by atoms with Crippen LogP contribution < -0.4 is 0 Å². The van der Waals surface area contributed by atoms with Crippen LogP contribution in [0.15, 0.2) is 185 Å². The van der Waals surface area contributed by atoms with Gasteiger partial charge in [-0.05, 0) is 69.6 Å². The van der Waals surface area contributed by atoms with E-state index >= 15 is 0 Å². The molecule has 0 bridgehead atoms. The van der Waals surface area contributed by atoms with Crippen LogP contribution in [0.1, 0.15) is 0 Å². The molecule has 0 fully saturated rings. The summed E-state index contributed by atoms with van der Waals surface area (Å²) in [6.45, 7) is 0. The first-order chi connectivity index (χ1) is 29.2. The summed E-state index contributed by atoms with van der Waals surface area (Å²) in [4.78, 5) is 16.0. The molecular formula is C53H29N3O2S. The van der Waals surface area contributed by atoms with Gasteiger partial charge in [-0.1, -0.05) is 133 Å². The van der Waals surface area contributed by atoms with E-state index in [1.807, 2.05) is 24.3 Å². The Kier molecular flexibility index (Phi) is 6.82. The predicted octanol–water partition coefficient (Wildman–Crippen LogP) is 15.0. The summed E-state index contributed by atoms with van der Waals surface area (Å²) in [6, 6.07) is 61.5. The van der Waals surface area contributed by atoms with Crippen molar-refractivity contribution in [3.05, 3.63) is 176 Å². The van der Waals surface area contributed by atoms with Crippen molar-refractivity contribution in [1.82, 2.24) is 15.0 Å². The summed E-state index contributed by atoms with van der Waals surface area (Å²) in [5, 5.41) is 11.1. The molecule has 0 unspecified atom stereocenters. The molecule has 0 amide bonds. The monoisotopic (exact) mass is 771 g/mol. The van der Waals surface area contributed by atoms with Gasteiger partial charge in [0.25, 0.3) is 0 Å². The normalized spacial score (nSPS) is 12.1. The largest absolute Gasteiger partial charge is 0.456 e. The van der Waals surface area contributed by atoms with Crippen molar-refractivity contribution in [3.63, 3.8) is 0 Å². The number of nitrogens with zero attached hydrogens (tertiary/aromatic N) is 3. The molecule has 0 aliphatic rings. The van der Waals surface area contributed by atoms with Crippen LogP contribution in [0.4, 0.5) is 0 Å². The number of thiophene rings is 1. The average molecular weight is 772 g/mol. The highest BCUT2D eigenvalue weighted by molar-refractivity contribution is 7.25. The summed E-state index contributed by atoms with van der Waals surface area (Å²) in [5.41, 5.74) is 8.27. The highest BCUT2D eigenvalue weighted by Gasteiger charge is 2.22. The lowest BCUT2D eigenvalue weighted by Gasteiger charge is -2.11. The predicted molar refractivity (Wildman–Crippen MR) is 244 cm³/mol. The van der Waals surface area contributed by atoms with Crippen LogP contribution >= 0.6 is 11.3 Å². The quantitative estimate of drug-likeness (QED) is 0.178. The second-order valence-electron chi connectivity index (χ2n) is 15.1. The fourth-order valence-electron chi connectivity index (χ4n) is 9.02. The molecule has 0 radical (unpaired) electrons. The molecule has 4 heterocycles. The van der Waals surface area contributed by atoms with Gasteiger partial charge in [0.2, 0.25) is 0 Å². The van der Waals surface area contributed by atoms with E-state index in [0.717, 1.165) is 87.9 Å². The van der Waals surface area contributed by atoms with Gasteiger partial charge in [-0.25, -0.2) is 15.0 Å². The molecule has 0 aliphatic heterocycles. The van der Waals surface area contributed by atoms with Crippen LogP contribution in [0.5, 0.6) is 0 Å². The smallest absolute Gasteiger partial charge is 0.164 e. The van der Waals surface area contributed by atoms with Gasteiger partial charge < -0.3 is 8.83 Å². The fourth-order valence-corrected chi connectivity index (χ4v) is 10.1. The average Bonchev–Trinajstić information content (AvgIpc) is 4.00. The van der Waals surface area contributed by atoms with E-state index in [0.29, 0.717) is 17.5 Å². The number of furan rings is 2. The Morgan fingerprint density at radius 2 is 0.966 bits per heavy atom. The zero-order valence-electron chi connectivity index (χ0n) is 31.3. The zero-order chi connectivity index (χ0) is 38.6. The first-order valence-electron chi connectivity index (χ1n) is 19.7. The number of para-hydroxylation sites is 2. The maximum Gasteiger partial charge on any atom is 0.164 e. The molecule has 0 spiro atoms. The van der Waals surface area contributed by atoms with Gasteiger partial charge in [-0.3, -0.25) is 0 Å². The molecular weight excluding hydrogens is 743 g/mol. The Morgan fingerprint density at radius 3 is 1.88 bits per heavy atom. The molecule has 0 atom stereocenters. The lowest BCUT2D eigenvalue weighted by Crippen LogP contribution is -2.00. The number of hydrogen-bond donors (Lipinski definition) is 0. The van der Waals surface area contributed by atoms with Gasteiger partial charge >= 0.3 is 0 Å². The third-order valence-electron chi connectivity index (χ3n) is 11.7. The van der Waals surface area contributed by atoms with Crippen LogP contribution in [0.3, 0.4) is 0 Å². The first kappa shape index (κ1) is 32.4. The molecule has 59 heavy (non-hydrogen) atoms. The summed E-state index contributed by atoms with van der Waals surface area (Å²) in [7, 11) is 0. The molecule has 9 aromatic carbocycles. The second-order valence-corrected chi connectivity index (χ2v) is 16.2. The van der Waals surface area contributed by atoms with Gasteiger partial charge in [-0.2, -0.15) is 0 Å². The number of rotatable bonds is 4. The van der Waals surface area contributed by atoms with E-state index in [1.54, 1.807) is 11.3 Å². The molecule has 6 heteroatoms. The highest BCUT2D eigenvalue weighted by Crippen LogP contribution is 2.43. The third-order valence-corrected chi connectivity index (χ3v) is 12.9. The van der Waals surface area contributed by atoms with Crippen LogP contribution in [-0.4, -0.2) is 15.0 Å². The molecule has 5 nitrogen and oxygen atoms in total. The maximum absolute atomic E-state index is 6.77. The summed E-state index contributed by atoms with van der Waals surface area (Å²) in [6.07, 6.45) is 0. The second kappa shape index (κ2) is 12.4. The number of benzene rings is 9. The lowest BCUT2D eigenvalue weighted by molar-refractivity contribution is 0.669. The Balaban J connectivity index is 1.05. The van der Waals surface area contributed by atoms with E-state index in [2.05, 4.69) is 152 Å². The highest BCUT2D eigenvalue weighted by atomic mass is 32.1. The van der Waals surface area contributed by atoms with E-state index < -0.39 is 0 Å². The number of aromatic nitrogens is 3. The van der Waals surface area contributed by atoms with Gasteiger partial charge in [0, 0.05) is 64.0 Å². The molecule has 0 aliphatic carbocycles. The Morgan fingerprint density at radius 1 is 0.339 bits per heavy atom. The van der Waals surface area contributed by atoms with Crippen molar-refractivity contribution in [1.29, 1.82) is 0 Å². The standard InChI is InChI=1S/C53H29N3O2S/c1-2-11-31-28-33(23-22-30(31)10-1)36-14-7-15-39-48-40(16-8-19-43(48)58-50(36)39)52-54-51(55-53(56-52)41-17-9-21-46-49(41)38-13-4-6-20-45(38)59-46)34-24-26-35-32(29-34)25-27-44-47(35)37-12-3-5-18-42(37)57-44/h1-29H. The molecule has 4 aromatic heterocycles. The minimum atomic E-state index is 0.585.